The summed E-state index contributed by atoms with van der Waals surface area (Å²) in [6, 6.07) is 6.50. The lowest BCUT2D eigenvalue weighted by atomic mass is 10.1. The second-order valence-corrected chi connectivity index (χ2v) is 5.60. The van der Waals surface area contributed by atoms with Crippen LogP contribution in [0.4, 0.5) is 4.79 Å². The van der Waals surface area contributed by atoms with Crippen molar-refractivity contribution in [3.63, 3.8) is 0 Å². The smallest absolute Gasteiger partial charge is 0.408 e. The average molecular weight is 297 g/mol. The fraction of sp³-hybridized carbons (Fsp3) is 0.462. The van der Waals surface area contributed by atoms with E-state index in [4.69, 9.17) is 21.9 Å². The minimum absolute atomic E-state index is 0.0794. The minimum atomic E-state index is -0.596. The number of azide groups is 1. The van der Waals surface area contributed by atoms with Crippen LogP contribution in [-0.4, -0.2) is 18.2 Å². The van der Waals surface area contributed by atoms with Crippen molar-refractivity contribution in [3.05, 3.63) is 45.3 Å². The van der Waals surface area contributed by atoms with Gasteiger partial charge in [-0.2, -0.15) is 0 Å². The fourth-order valence-corrected chi connectivity index (χ4v) is 1.72. The van der Waals surface area contributed by atoms with E-state index in [0.29, 0.717) is 5.02 Å². The maximum atomic E-state index is 11.8. The third kappa shape index (κ3) is 5.82. The topological polar surface area (TPSA) is 87.1 Å². The molecule has 0 aliphatic heterocycles. The van der Waals surface area contributed by atoms with Gasteiger partial charge in [-0.25, -0.2) is 4.79 Å². The van der Waals surface area contributed by atoms with Gasteiger partial charge in [0.1, 0.15) is 5.60 Å². The summed E-state index contributed by atoms with van der Waals surface area (Å²) in [5.41, 5.74) is 8.58. The summed E-state index contributed by atoms with van der Waals surface area (Å²) >= 11 is 5.92. The number of alkyl carbamates (subject to hydrolysis) is 1. The number of hydrogen-bond acceptors (Lipinski definition) is 3. The van der Waals surface area contributed by atoms with Gasteiger partial charge in [0.25, 0.3) is 0 Å². The van der Waals surface area contributed by atoms with Gasteiger partial charge in [-0.05, 0) is 44.0 Å². The molecule has 1 aromatic rings. The number of carbonyl (C=O) groups excluding carboxylic acids is 1. The van der Waals surface area contributed by atoms with Crippen molar-refractivity contribution in [2.45, 2.75) is 32.4 Å². The van der Waals surface area contributed by atoms with E-state index in [1.54, 1.807) is 45.0 Å². The first-order valence-corrected chi connectivity index (χ1v) is 6.45. The first-order valence-electron chi connectivity index (χ1n) is 6.07. The van der Waals surface area contributed by atoms with Gasteiger partial charge in [0.2, 0.25) is 0 Å². The predicted octanol–water partition coefficient (Wildman–Crippen LogP) is 4.22. The second-order valence-electron chi connectivity index (χ2n) is 5.17. The Bertz CT molecular complexity index is 521. The molecule has 0 heterocycles. The average Bonchev–Trinajstić information content (AvgIpc) is 2.32. The van der Waals surface area contributed by atoms with Crippen LogP contribution in [-0.2, 0) is 4.74 Å². The summed E-state index contributed by atoms with van der Waals surface area (Å²) in [5.74, 6) is 0. The first kappa shape index (κ1) is 16.1. The van der Waals surface area contributed by atoms with Crippen molar-refractivity contribution < 1.29 is 9.53 Å². The largest absolute Gasteiger partial charge is 0.444 e. The SMILES string of the molecule is CC(C)(C)OC(=O)NC(CN=[N+]=[N-])c1cccc(Cl)c1. The van der Waals surface area contributed by atoms with E-state index in [0.717, 1.165) is 5.56 Å². The lowest BCUT2D eigenvalue weighted by Gasteiger charge is -2.23. The third-order valence-corrected chi connectivity index (χ3v) is 2.50. The summed E-state index contributed by atoms with van der Waals surface area (Å²) in [6.07, 6.45) is -0.574. The Morgan fingerprint density at radius 2 is 2.25 bits per heavy atom. The molecule has 0 spiro atoms. The number of rotatable bonds is 4. The van der Waals surface area contributed by atoms with Gasteiger partial charge >= 0.3 is 6.09 Å². The molecule has 1 amide bonds. The molecule has 0 saturated heterocycles. The molecule has 0 bridgehead atoms. The van der Waals surface area contributed by atoms with Crippen LogP contribution in [0.2, 0.25) is 5.02 Å². The van der Waals surface area contributed by atoms with Crippen LogP contribution < -0.4 is 5.32 Å². The minimum Gasteiger partial charge on any atom is -0.444 e. The van der Waals surface area contributed by atoms with Crippen LogP contribution in [0.25, 0.3) is 10.4 Å². The van der Waals surface area contributed by atoms with Crippen LogP contribution in [0.1, 0.15) is 32.4 Å². The Morgan fingerprint density at radius 1 is 1.55 bits per heavy atom. The zero-order chi connectivity index (χ0) is 15.2. The van der Waals surface area contributed by atoms with Crippen LogP contribution in [0.5, 0.6) is 0 Å². The van der Waals surface area contributed by atoms with Crippen LogP contribution in [0, 0.1) is 0 Å². The highest BCUT2D eigenvalue weighted by molar-refractivity contribution is 6.30. The molecule has 108 valence electrons. The molecule has 20 heavy (non-hydrogen) atoms. The predicted molar refractivity (Wildman–Crippen MR) is 77.6 cm³/mol. The molecule has 1 N–H and O–H groups in total. The molecule has 0 aromatic heterocycles. The van der Waals surface area contributed by atoms with E-state index in [9.17, 15) is 4.79 Å². The third-order valence-electron chi connectivity index (χ3n) is 2.27. The summed E-state index contributed by atoms with van der Waals surface area (Å²) < 4.78 is 5.18. The van der Waals surface area contributed by atoms with Crippen molar-refractivity contribution in [2.24, 2.45) is 5.11 Å². The maximum Gasteiger partial charge on any atom is 0.408 e. The van der Waals surface area contributed by atoms with Crippen molar-refractivity contribution in [1.82, 2.24) is 5.32 Å². The number of nitrogens with zero attached hydrogens (tertiary/aromatic N) is 3. The Kier molecular flexibility index (Phi) is 5.67. The van der Waals surface area contributed by atoms with Crippen molar-refractivity contribution in [1.29, 1.82) is 0 Å². The Morgan fingerprint density at radius 3 is 2.80 bits per heavy atom. The van der Waals surface area contributed by atoms with E-state index in [1.165, 1.54) is 0 Å². The zero-order valence-corrected chi connectivity index (χ0v) is 12.4. The van der Waals surface area contributed by atoms with Crippen LogP contribution in [0.3, 0.4) is 0 Å². The van der Waals surface area contributed by atoms with Gasteiger partial charge in [0, 0.05) is 9.93 Å². The molecule has 0 radical (unpaired) electrons. The molecule has 0 fully saturated rings. The van der Waals surface area contributed by atoms with Crippen molar-refractivity contribution >= 4 is 17.7 Å². The monoisotopic (exact) mass is 296 g/mol. The highest BCUT2D eigenvalue weighted by Crippen LogP contribution is 2.19. The highest BCUT2D eigenvalue weighted by atomic mass is 35.5. The van der Waals surface area contributed by atoms with Gasteiger partial charge in [-0.3, -0.25) is 0 Å². The Hall–Kier alpha value is -1.91. The number of halogens is 1. The lowest BCUT2D eigenvalue weighted by Crippen LogP contribution is -2.36. The summed E-state index contributed by atoms with van der Waals surface area (Å²) in [6.45, 7) is 5.40. The quantitative estimate of drug-likeness (QED) is 0.512. The Labute approximate surface area is 122 Å². The van der Waals surface area contributed by atoms with Crippen LogP contribution >= 0.6 is 11.6 Å². The Balaban J connectivity index is 2.85. The van der Waals surface area contributed by atoms with E-state index < -0.39 is 17.7 Å². The molecule has 1 rings (SSSR count). The van der Waals surface area contributed by atoms with E-state index in [1.807, 2.05) is 0 Å². The fourth-order valence-electron chi connectivity index (χ4n) is 1.53. The molecule has 1 aromatic carbocycles. The molecule has 1 unspecified atom stereocenters. The van der Waals surface area contributed by atoms with E-state index >= 15 is 0 Å². The van der Waals surface area contributed by atoms with Crippen molar-refractivity contribution in [3.8, 4) is 0 Å². The van der Waals surface area contributed by atoms with Gasteiger partial charge in [-0.1, -0.05) is 28.8 Å². The standard InChI is InChI=1S/C13H17ClN4O2/c1-13(2,3)20-12(19)17-11(8-16-18-15)9-5-4-6-10(14)7-9/h4-7,11H,8H2,1-3H3,(H,17,19). The number of carbonyl (C=O) groups is 1. The number of hydrogen-bond donors (Lipinski definition) is 1. The molecule has 7 heteroatoms. The van der Waals surface area contributed by atoms with Gasteiger partial charge in [0.05, 0.1) is 12.6 Å². The normalized spacial score (nSPS) is 12.2. The molecule has 0 aliphatic carbocycles. The zero-order valence-electron chi connectivity index (χ0n) is 11.6. The number of nitrogens with one attached hydrogen (secondary N) is 1. The summed E-state index contributed by atoms with van der Waals surface area (Å²) in [7, 11) is 0. The number of benzene rings is 1. The number of amides is 1. The highest BCUT2D eigenvalue weighted by Gasteiger charge is 2.20. The van der Waals surface area contributed by atoms with Gasteiger partial charge < -0.3 is 10.1 Å². The summed E-state index contributed by atoms with van der Waals surface area (Å²) in [4.78, 5) is 14.5. The van der Waals surface area contributed by atoms with Crippen molar-refractivity contribution in [2.75, 3.05) is 6.54 Å². The molecular weight excluding hydrogens is 280 g/mol. The van der Waals surface area contributed by atoms with Crippen LogP contribution in [0.15, 0.2) is 29.4 Å². The second kappa shape index (κ2) is 7.03. The number of ether oxygens (including phenoxy) is 1. The van der Waals surface area contributed by atoms with E-state index in [-0.39, 0.29) is 6.54 Å². The maximum absolute atomic E-state index is 11.8. The molecule has 6 nitrogen and oxygen atoms in total. The van der Waals surface area contributed by atoms with Gasteiger partial charge in [0.15, 0.2) is 0 Å². The molecule has 1 atom stereocenters. The van der Waals surface area contributed by atoms with Gasteiger partial charge in [-0.15, -0.1) is 0 Å². The van der Waals surface area contributed by atoms with E-state index in [2.05, 4.69) is 15.3 Å². The molecule has 0 aliphatic rings. The summed E-state index contributed by atoms with van der Waals surface area (Å²) in [5, 5.41) is 6.70. The first-order chi connectivity index (χ1) is 9.31. The molecule has 0 saturated carbocycles. The lowest BCUT2D eigenvalue weighted by molar-refractivity contribution is 0.0505. The molecular formula is C13H17ClN4O2.